The number of carbonyl (C=O) groups is 1. The summed E-state index contributed by atoms with van der Waals surface area (Å²) in [5, 5.41) is 12.4. The van der Waals surface area contributed by atoms with Gasteiger partial charge in [-0.2, -0.15) is 0 Å². The summed E-state index contributed by atoms with van der Waals surface area (Å²) in [5.41, 5.74) is 2.32. The Hall–Kier alpha value is -2.69. The van der Waals surface area contributed by atoms with Gasteiger partial charge in [0.05, 0.1) is 25.5 Å². The minimum atomic E-state index is -0.976. The molecule has 0 fully saturated rings. The second-order valence-electron chi connectivity index (χ2n) is 4.58. The summed E-state index contributed by atoms with van der Waals surface area (Å²) in [6, 6.07) is 10.5. The van der Waals surface area contributed by atoms with E-state index >= 15 is 0 Å². The number of methoxy groups -OCH3 is 2. The molecule has 2 aromatic rings. The Kier molecular flexibility index (Phi) is 4.33. The Morgan fingerprint density at radius 2 is 1.67 bits per heavy atom. The first kappa shape index (κ1) is 14.7. The lowest BCUT2D eigenvalue weighted by atomic mass is 10.1. The summed E-state index contributed by atoms with van der Waals surface area (Å²) in [6.45, 7) is 1.85. The SMILES string of the molecule is COc1cc(Nc2ccc(C)cc2C(=O)O)cc(OC)c1. The van der Waals surface area contributed by atoms with Crippen LogP contribution < -0.4 is 14.8 Å². The average molecular weight is 287 g/mol. The molecule has 0 atom stereocenters. The van der Waals surface area contributed by atoms with Crippen molar-refractivity contribution in [2.45, 2.75) is 6.92 Å². The molecule has 0 aliphatic carbocycles. The highest BCUT2D eigenvalue weighted by atomic mass is 16.5. The van der Waals surface area contributed by atoms with Gasteiger partial charge in [-0.25, -0.2) is 4.79 Å². The molecule has 0 radical (unpaired) electrons. The van der Waals surface area contributed by atoms with Gasteiger partial charge in [-0.15, -0.1) is 0 Å². The molecule has 0 heterocycles. The van der Waals surface area contributed by atoms with Gasteiger partial charge in [0.15, 0.2) is 0 Å². The maximum Gasteiger partial charge on any atom is 0.337 e. The fourth-order valence-corrected chi connectivity index (χ4v) is 1.98. The second kappa shape index (κ2) is 6.17. The summed E-state index contributed by atoms with van der Waals surface area (Å²) in [4.78, 5) is 11.3. The second-order valence-corrected chi connectivity index (χ2v) is 4.58. The zero-order valence-corrected chi connectivity index (χ0v) is 12.1. The summed E-state index contributed by atoms with van der Waals surface area (Å²) in [7, 11) is 3.13. The number of carboxylic acid groups (broad SMARTS) is 1. The number of nitrogens with one attached hydrogen (secondary N) is 1. The van der Waals surface area contributed by atoms with Crippen molar-refractivity contribution >= 4 is 17.3 Å². The van der Waals surface area contributed by atoms with Crippen LogP contribution in [-0.2, 0) is 0 Å². The van der Waals surface area contributed by atoms with Crippen molar-refractivity contribution in [1.82, 2.24) is 0 Å². The topological polar surface area (TPSA) is 67.8 Å². The zero-order chi connectivity index (χ0) is 15.4. The van der Waals surface area contributed by atoms with Gasteiger partial charge in [-0.3, -0.25) is 0 Å². The predicted molar refractivity (Wildman–Crippen MR) is 81.0 cm³/mol. The number of anilines is 2. The molecular formula is C16H17NO4. The van der Waals surface area contributed by atoms with Gasteiger partial charge in [0.25, 0.3) is 0 Å². The number of carboxylic acids is 1. The predicted octanol–water partition coefficient (Wildman–Crippen LogP) is 3.45. The monoisotopic (exact) mass is 287 g/mol. The molecule has 0 aliphatic heterocycles. The van der Waals surface area contributed by atoms with E-state index in [9.17, 15) is 9.90 Å². The zero-order valence-electron chi connectivity index (χ0n) is 12.1. The highest BCUT2D eigenvalue weighted by molar-refractivity contribution is 5.95. The highest BCUT2D eigenvalue weighted by Crippen LogP contribution is 2.29. The molecule has 0 aromatic heterocycles. The quantitative estimate of drug-likeness (QED) is 0.881. The first-order chi connectivity index (χ1) is 10.0. The van der Waals surface area contributed by atoms with E-state index in [1.54, 1.807) is 44.6 Å². The van der Waals surface area contributed by atoms with Crippen LogP contribution in [0.5, 0.6) is 11.5 Å². The van der Waals surface area contributed by atoms with E-state index in [1.807, 2.05) is 13.0 Å². The molecule has 0 aliphatic rings. The van der Waals surface area contributed by atoms with E-state index in [4.69, 9.17) is 9.47 Å². The van der Waals surface area contributed by atoms with Crippen LogP contribution in [0.15, 0.2) is 36.4 Å². The van der Waals surface area contributed by atoms with Crippen molar-refractivity contribution in [3.8, 4) is 11.5 Å². The minimum Gasteiger partial charge on any atom is -0.497 e. The molecule has 5 nitrogen and oxygen atoms in total. The van der Waals surface area contributed by atoms with Crippen LogP contribution in [0.3, 0.4) is 0 Å². The van der Waals surface area contributed by atoms with Crippen molar-refractivity contribution < 1.29 is 19.4 Å². The number of rotatable bonds is 5. The molecule has 2 N–H and O–H groups in total. The smallest absolute Gasteiger partial charge is 0.337 e. The minimum absolute atomic E-state index is 0.219. The first-order valence-corrected chi connectivity index (χ1v) is 6.37. The van der Waals surface area contributed by atoms with E-state index in [2.05, 4.69) is 5.32 Å². The maximum atomic E-state index is 11.3. The largest absolute Gasteiger partial charge is 0.497 e. The van der Waals surface area contributed by atoms with E-state index in [-0.39, 0.29) is 5.56 Å². The van der Waals surface area contributed by atoms with Crippen LogP contribution in [0.2, 0.25) is 0 Å². The van der Waals surface area contributed by atoms with Gasteiger partial charge in [0.2, 0.25) is 0 Å². The first-order valence-electron chi connectivity index (χ1n) is 6.37. The fraction of sp³-hybridized carbons (Fsp3) is 0.188. The molecule has 0 amide bonds. The normalized spacial score (nSPS) is 10.0. The van der Waals surface area contributed by atoms with Gasteiger partial charge >= 0.3 is 5.97 Å². The molecule has 110 valence electrons. The van der Waals surface area contributed by atoms with Gasteiger partial charge in [0, 0.05) is 23.9 Å². The van der Waals surface area contributed by atoms with Crippen molar-refractivity contribution in [3.05, 3.63) is 47.5 Å². The van der Waals surface area contributed by atoms with Crippen LogP contribution in [0.25, 0.3) is 0 Å². The van der Waals surface area contributed by atoms with Crippen molar-refractivity contribution in [2.75, 3.05) is 19.5 Å². The molecule has 2 rings (SSSR count). The van der Waals surface area contributed by atoms with Crippen LogP contribution >= 0.6 is 0 Å². The molecule has 5 heteroatoms. The maximum absolute atomic E-state index is 11.3. The van der Waals surface area contributed by atoms with Crippen LogP contribution in [0.4, 0.5) is 11.4 Å². The fourth-order valence-electron chi connectivity index (χ4n) is 1.98. The third-order valence-electron chi connectivity index (χ3n) is 3.04. The van der Waals surface area contributed by atoms with Crippen LogP contribution in [0, 0.1) is 6.92 Å². The Morgan fingerprint density at radius 1 is 1.05 bits per heavy atom. The van der Waals surface area contributed by atoms with E-state index < -0.39 is 5.97 Å². The standard InChI is InChI=1S/C16H17NO4/c1-10-4-5-15(14(6-10)16(18)19)17-11-7-12(20-2)9-13(8-11)21-3/h4-9,17H,1-3H3,(H,18,19). The van der Waals surface area contributed by atoms with E-state index in [1.165, 1.54) is 0 Å². The summed E-state index contributed by atoms with van der Waals surface area (Å²) in [6.07, 6.45) is 0. The van der Waals surface area contributed by atoms with Crippen molar-refractivity contribution in [3.63, 3.8) is 0 Å². The Labute approximate surface area is 123 Å². The molecule has 0 bridgehead atoms. The Morgan fingerprint density at radius 3 is 2.19 bits per heavy atom. The van der Waals surface area contributed by atoms with Crippen LogP contribution in [-0.4, -0.2) is 25.3 Å². The molecule has 0 spiro atoms. The van der Waals surface area contributed by atoms with Crippen molar-refractivity contribution in [2.24, 2.45) is 0 Å². The summed E-state index contributed by atoms with van der Waals surface area (Å²) >= 11 is 0. The molecule has 0 unspecified atom stereocenters. The number of aryl methyl sites for hydroxylation is 1. The van der Waals surface area contributed by atoms with Crippen LogP contribution in [0.1, 0.15) is 15.9 Å². The Balaban J connectivity index is 2.40. The average Bonchev–Trinajstić information content (AvgIpc) is 2.48. The summed E-state index contributed by atoms with van der Waals surface area (Å²) < 4.78 is 10.4. The highest BCUT2D eigenvalue weighted by Gasteiger charge is 2.11. The van der Waals surface area contributed by atoms with Crippen molar-refractivity contribution in [1.29, 1.82) is 0 Å². The third kappa shape index (κ3) is 3.45. The molecule has 0 saturated carbocycles. The third-order valence-corrected chi connectivity index (χ3v) is 3.04. The lowest BCUT2D eigenvalue weighted by Crippen LogP contribution is -2.03. The number of ether oxygens (including phenoxy) is 2. The molecular weight excluding hydrogens is 270 g/mol. The molecule has 2 aromatic carbocycles. The molecule has 21 heavy (non-hydrogen) atoms. The van der Waals surface area contributed by atoms with Gasteiger partial charge in [-0.1, -0.05) is 11.6 Å². The Bertz CT molecular complexity index is 645. The number of aromatic carboxylic acids is 1. The summed E-state index contributed by atoms with van der Waals surface area (Å²) in [5.74, 6) is 0.276. The molecule has 0 saturated heterocycles. The lowest BCUT2D eigenvalue weighted by Gasteiger charge is -2.13. The number of hydrogen-bond acceptors (Lipinski definition) is 4. The van der Waals surface area contributed by atoms with Gasteiger partial charge < -0.3 is 19.9 Å². The number of hydrogen-bond donors (Lipinski definition) is 2. The van der Waals surface area contributed by atoms with Gasteiger partial charge in [-0.05, 0) is 19.1 Å². The van der Waals surface area contributed by atoms with Gasteiger partial charge in [0.1, 0.15) is 11.5 Å². The number of benzene rings is 2. The van der Waals surface area contributed by atoms with E-state index in [0.29, 0.717) is 22.9 Å². The van der Waals surface area contributed by atoms with E-state index in [0.717, 1.165) is 5.56 Å². The lowest BCUT2D eigenvalue weighted by molar-refractivity contribution is 0.0698.